The van der Waals surface area contributed by atoms with Gasteiger partial charge in [-0.1, -0.05) is 81.0 Å². The van der Waals surface area contributed by atoms with Crippen molar-refractivity contribution < 1.29 is 48.1 Å². The summed E-state index contributed by atoms with van der Waals surface area (Å²) in [5, 5.41) is 5.72. The Morgan fingerprint density at radius 2 is 1.03 bits per heavy atom. The van der Waals surface area contributed by atoms with Gasteiger partial charge in [0.15, 0.2) is 0 Å². The van der Waals surface area contributed by atoms with Crippen molar-refractivity contribution in [1.29, 1.82) is 0 Å². The van der Waals surface area contributed by atoms with Gasteiger partial charge in [0.2, 0.25) is 0 Å². The molecule has 0 bridgehead atoms. The van der Waals surface area contributed by atoms with Crippen LogP contribution in [-0.4, -0.2) is 6.88 Å². The summed E-state index contributed by atoms with van der Waals surface area (Å²) in [6, 6.07) is 28.3. The second-order valence-electron chi connectivity index (χ2n) is 9.90. The van der Waals surface area contributed by atoms with Crippen LogP contribution < -0.4 is 24.8 Å². The zero-order valence-electron chi connectivity index (χ0n) is 24.3. The molecule has 0 aliphatic heterocycles. The van der Waals surface area contributed by atoms with Crippen LogP contribution in [0.3, 0.4) is 0 Å². The van der Waals surface area contributed by atoms with Crippen LogP contribution in [0.2, 0.25) is 0 Å². The Labute approximate surface area is 266 Å². The fourth-order valence-corrected chi connectivity index (χ4v) is 4.86. The number of aryl methyl sites for hydroxylation is 6. The first-order chi connectivity index (χ1) is 17.8. The normalized spacial score (nSPS) is 9.64. The number of hydrogen-bond acceptors (Lipinski definition) is 0. The first-order valence-electron chi connectivity index (χ1n) is 13.3. The van der Waals surface area contributed by atoms with Crippen LogP contribution in [0.1, 0.15) is 65.6 Å². The third-order valence-corrected chi connectivity index (χ3v) is 6.28. The van der Waals surface area contributed by atoms with E-state index in [2.05, 4.69) is 104 Å². The summed E-state index contributed by atoms with van der Waals surface area (Å²) < 4.78 is 0. The zero-order chi connectivity index (χ0) is 27.4. The molecular formula is C35H41Cl2SiZr-3. The molecule has 0 fully saturated rings. The molecule has 5 aromatic rings. The van der Waals surface area contributed by atoms with Gasteiger partial charge >= 0.3 is 30.2 Å². The first-order valence-corrected chi connectivity index (χ1v) is 17.4. The van der Waals surface area contributed by atoms with Crippen molar-refractivity contribution in [2.24, 2.45) is 0 Å². The molecule has 0 atom stereocenters. The minimum atomic E-state index is 0. The van der Waals surface area contributed by atoms with Crippen molar-refractivity contribution in [2.45, 2.75) is 67.2 Å². The van der Waals surface area contributed by atoms with E-state index in [-0.39, 0.29) is 24.8 Å². The van der Waals surface area contributed by atoms with E-state index in [1.165, 1.54) is 104 Å². The molecule has 0 unspecified atom stereocenters. The van der Waals surface area contributed by atoms with Crippen LogP contribution in [0.15, 0.2) is 78.9 Å². The summed E-state index contributed by atoms with van der Waals surface area (Å²) in [6.07, 6.45) is 4.84. The van der Waals surface area contributed by atoms with Crippen molar-refractivity contribution in [2.75, 3.05) is 0 Å². The van der Waals surface area contributed by atoms with Gasteiger partial charge in [0.05, 0.1) is 0 Å². The zero-order valence-corrected chi connectivity index (χ0v) is 29.3. The molecular weight excluding hydrogens is 611 g/mol. The summed E-state index contributed by atoms with van der Waals surface area (Å²) >= 11 is 1.36. The van der Waals surface area contributed by atoms with Gasteiger partial charge < -0.3 is 24.8 Å². The Morgan fingerprint density at radius 1 is 0.641 bits per heavy atom. The molecule has 2 radical (unpaired) electrons. The van der Waals surface area contributed by atoms with Gasteiger partial charge in [-0.3, -0.25) is 0 Å². The van der Waals surface area contributed by atoms with Crippen molar-refractivity contribution in [3.05, 3.63) is 125 Å². The van der Waals surface area contributed by atoms with E-state index in [1.54, 1.807) is 0 Å². The van der Waals surface area contributed by atoms with E-state index in [1.807, 2.05) is 30.3 Å². The predicted molar refractivity (Wildman–Crippen MR) is 163 cm³/mol. The van der Waals surface area contributed by atoms with E-state index in [0.29, 0.717) is 0 Å². The molecule has 0 aromatic heterocycles. The maximum absolute atomic E-state index is 3.72. The van der Waals surface area contributed by atoms with E-state index in [4.69, 9.17) is 0 Å². The average Bonchev–Trinajstić information content (AvgIpc) is 3.43. The molecule has 39 heavy (non-hydrogen) atoms. The summed E-state index contributed by atoms with van der Waals surface area (Å²) in [6.45, 7) is 20.0. The standard InChI is InChI=1S/2C14H17.C7H7.2ClH.Si.Zr/c2*1-4-5-12-6-10(2)7-13-8-11(3)9-14(12)13;1-7-5-3-2-4-6-7;;;;/h2*6-9H,4-5H2,1-3H3;2-6H,1H2;2*1H;;/q3*-1;;;;+2/p-2. The second kappa shape index (κ2) is 19.5. The van der Waals surface area contributed by atoms with Crippen LogP contribution in [0, 0.1) is 34.6 Å². The third kappa shape index (κ3) is 11.8. The second-order valence-corrected chi connectivity index (χ2v) is 9.90. The molecule has 5 aromatic carbocycles. The molecule has 5 rings (SSSR count). The van der Waals surface area contributed by atoms with Gasteiger partial charge in [-0.15, -0.1) is 69.1 Å². The van der Waals surface area contributed by atoms with E-state index in [0.717, 1.165) is 5.56 Å². The van der Waals surface area contributed by atoms with Crippen LogP contribution in [0.25, 0.3) is 21.5 Å². The van der Waals surface area contributed by atoms with E-state index < -0.39 is 0 Å². The molecule has 0 heterocycles. The molecule has 0 saturated heterocycles. The molecule has 0 aliphatic rings. The Balaban J connectivity index is 0.000000549. The summed E-state index contributed by atoms with van der Waals surface area (Å²) in [7, 11) is 0. The van der Waals surface area contributed by atoms with Crippen molar-refractivity contribution >= 4 is 28.4 Å². The fourth-order valence-electron chi connectivity index (χ4n) is 4.86. The molecule has 206 valence electrons. The van der Waals surface area contributed by atoms with Gasteiger partial charge in [-0.2, -0.15) is 36.8 Å². The fraction of sp³-hybridized carbons (Fsp3) is 0.286. The van der Waals surface area contributed by atoms with Gasteiger partial charge in [-0.05, 0) is 26.7 Å². The molecule has 0 N–H and O–H groups in total. The minimum absolute atomic E-state index is 0. The van der Waals surface area contributed by atoms with Gasteiger partial charge in [0.1, 0.15) is 0 Å². The van der Waals surface area contributed by atoms with Crippen molar-refractivity contribution in [1.82, 2.24) is 0 Å². The van der Waals surface area contributed by atoms with Crippen molar-refractivity contribution in [3.8, 4) is 0 Å². The quantitative estimate of drug-likeness (QED) is 0.205. The Morgan fingerprint density at radius 3 is 1.33 bits per heavy atom. The summed E-state index contributed by atoms with van der Waals surface area (Å²) in [4.78, 5) is 0. The number of fused-ring (bicyclic) bond motifs is 2. The van der Waals surface area contributed by atoms with Gasteiger partial charge in [0.25, 0.3) is 0 Å². The molecule has 0 saturated carbocycles. The Hall–Kier alpha value is -1.57. The number of rotatable bonds is 4. The van der Waals surface area contributed by atoms with Crippen LogP contribution in [-0.2, 0) is 36.2 Å². The van der Waals surface area contributed by atoms with Gasteiger partial charge in [0, 0.05) is 0 Å². The predicted octanol–water partition coefficient (Wildman–Crippen LogP) is 3.75. The van der Waals surface area contributed by atoms with E-state index in [9.17, 15) is 0 Å². The Kier molecular flexibility index (Phi) is 18.7. The van der Waals surface area contributed by atoms with Crippen molar-refractivity contribution in [3.63, 3.8) is 0 Å². The molecule has 4 heteroatoms. The number of benzene rings is 3. The molecule has 0 nitrogen and oxygen atoms in total. The number of halogens is 2. The van der Waals surface area contributed by atoms with Gasteiger partial charge in [-0.25, -0.2) is 0 Å². The van der Waals surface area contributed by atoms with Crippen LogP contribution >= 0.6 is 0 Å². The van der Waals surface area contributed by atoms with Crippen LogP contribution in [0.4, 0.5) is 0 Å². The molecule has 0 aliphatic carbocycles. The maximum atomic E-state index is 3.72. The molecule has 0 spiro atoms. The monoisotopic (exact) mass is 649 g/mol. The van der Waals surface area contributed by atoms with Crippen LogP contribution in [0.5, 0.6) is 0 Å². The molecule has 0 amide bonds. The topological polar surface area (TPSA) is 0 Å². The average molecular weight is 652 g/mol. The SMILES string of the molecule is CCCc1cc(C)cc2[cH-]c(C)cc12.CCCc1cc(C)cc2[cH-]c(C)cc12.[CH2-]c1ccccc1.[Cl-].[Cl-].[Si]=[Zr+2]. The summed E-state index contributed by atoms with van der Waals surface area (Å²) in [5.74, 6) is 0. The first kappa shape index (κ1) is 37.4. The summed E-state index contributed by atoms with van der Waals surface area (Å²) in [5.41, 5.74) is 9.61. The number of hydrogen-bond donors (Lipinski definition) is 0. The Bertz CT molecular complexity index is 1290. The third-order valence-electron chi connectivity index (χ3n) is 6.28. The van der Waals surface area contributed by atoms with E-state index >= 15 is 0 Å².